The van der Waals surface area contributed by atoms with Crippen LogP contribution in [0.5, 0.6) is 11.5 Å². The predicted molar refractivity (Wildman–Crippen MR) is 66.3 cm³/mol. The Balaban J connectivity index is 1.94. The number of benzene rings is 1. The lowest BCUT2D eigenvalue weighted by atomic mass is 10.2. The van der Waals surface area contributed by atoms with Crippen molar-refractivity contribution in [3.8, 4) is 11.5 Å². The Kier molecular flexibility index (Phi) is 4.41. The lowest BCUT2D eigenvalue weighted by Gasteiger charge is -2.18. The Labute approximate surface area is 106 Å². The lowest BCUT2D eigenvalue weighted by Crippen LogP contribution is -2.27. The van der Waals surface area contributed by atoms with Crippen LogP contribution in [0.3, 0.4) is 0 Å². The molecule has 1 aromatic carbocycles. The summed E-state index contributed by atoms with van der Waals surface area (Å²) >= 11 is 0. The van der Waals surface area contributed by atoms with Gasteiger partial charge in [0.25, 0.3) is 5.91 Å². The molecular formula is C13H17NO4. The van der Waals surface area contributed by atoms with E-state index in [9.17, 15) is 4.79 Å². The molecule has 98 valence electrons. The molecule has 0 fully saturated rings. The summed E-state index contributed by atoms with van der Waals surface area (Å²) in [6, 6.07) is 5.18. The van der Waals surface area contributed by atoms with Gasteiger partial charge in [0.15, 0.2) is 11.5 Å². The number of hydrogen-bond acceptors (Lipinski definition) is 4. The standard InChI is InChI=1S/C13H17NO4/c1-2-16-6-5-14-13(15)10-3-4-11-12(9-10)18-8-7-17-11/h3-4,9H,2,5-8H2,1H3,(H,14,15). The SMILES string of the molecule is CCOCCNC(=O)c1ccc2c(c1)OCCO2. The van der Waals surface area contributed by atoms with Crippen LogP contribution in [0.2, 0.25) is 0 Å². The first-order chi connectivity index (χ1) is 8.81. The molecule has 1 heterocycles. The van der Waals surface area contributed by atoms with Crippen molar-refractivity contribution >= 4 is 5.91 Å². The Morgan fingerprint density at radius 2 is 2.11 bits per heavy atom. The van der Waals surface area contributed by atoms with Crippen LogP contribution in [0.25, 0.3) is 0 Å². The van der Waals surface area contributed by atoms with E-state index in [2.05, 4.69) is 5.32 Å². The van der Waals surface area contributed by atoms with E-state index in [1.807, 2.05) is 6.92 Å². The van der Waals surface area contributed by atoms with E-state index in [-0.39, 0.29) is 5.91 Å². The smallest absolute Gasteiger partial charge is 0.251 e. The zero-order chi connectivity index (χ0) is 12.8. The van der Waals surface area contributed by atoms with Crippen molar-refractivity contribution in [1.82, 2.24) is 5.32 Å². The highest BCUT2D eigenvalue weighted by atomic mass is 16.6. The Hall–Kier alpha value is -1.75. The molecule has 0 aliphatic carbocycles. The van der Waals surface area contributed by atoms with Crippen LogP contribution >= 0.6 is 0 Å². The van der Waals surface area contributed by atoms with Crippen LogP contribution in [0, 0.1) is 0 Å². The van der Waals surface area contributed by atoms with Gasteiger partial charge in [-0.1, -0.05) is 0 Å². The van der Waals surface area contributed by atoms with Crippen molar-refractivity contribution in [2.45, 2.75) is 6.92 Å². The molecule has 18 heavy (non-hydrogen) atoms. The summed E-state index contributed by atoms with van der Waals surface area (Å²) in [6.07, 6.45) is 0. The maximum atomic E-state index is 11.8. The zero-order valence-corrected chi connectivity index (χ0v) is 10.4. The van der Waals surface area contributed by atoms with Crippen molar-refractivity contribution in [2.24, 2.45) is 0 Å². The second kappa shape index (κ2) is 6.26. The van der Waals surface area contributed by atoms with Gasteiger partial charge >= 0.3 is 0 Å². The van der Waals surface area contributed by atoms with Gasteiger partial charge in [-0.3, -0.25) is 4.79 Å². The molecule has 0 radical (unpaired) electrons. The number of fused-ring (bicyclic) bond motifs is 1. The summed E-state index contributed by atoms with van der Waals surface area (Å²) in [4.78, 5) is 11.8. The van der Waals surface area contributed by atoms with Gasteiger partial charge in [-0.15, -0.1) is 0 Å². The van der Waals surface area contributed by atoms with E-state index in [0.717, 1.165) is 0 Å². The average Bonchev–Trinajstić information content (AvgIpc) is 2.43. The molecule has 0 spiro atoms. The lowest BCUT2D eigenvalue weighted by molar-refractivity contribution is 0.0921. The van der Waals surface area contributed by atoms with E-state index >= 15 is 0 Å². The summed E-state index contributed by atoms with van der Waals surface area (Å²) in [5, 5.41) is 2.78. The maximum Gasteiger partial charge on any atom is 0.251 e. The van der Waals surface area contributed by atoms with Crippen molar-refractivity contribution in [2.75, 3.05) is 33.0 Å². The van der Waals surface area contributed by atoms with Gasteiger partial charge in [0, 0.05) is 18.7 Å². The van der Waals surface area contributed by atoms with Crippen LogP contribution in [-0.2, 0) is 4.74 Å². The normalized spacial score (nSPS) is 13.2. The third kappa shape index (κ3) is 3.13. The molecule has 1 aliphatic heterocycles. The Morgan fingerprint density at radius 3 is 2.89 bits per heavy atom. The fourth-order valence-electron chi connectivity index (χ4n) is 1.67. The van der Waals surface area contributed by atoms with Crippen molar-refractivity contribution in [3.63, 3.8) is 0 Å². The molecule has 5 nitrogen and oxygen atoms in total. The molecule has 0 atom stereocenters. The topological polar surface area (TPSA) is 56.8 Å². The molecular weight excluding hydrogens is 234 g/mol. The molecule has 0 bridgehead atoms. The van der Waals surface area contributed by atoms with E-state index in [4.69, 9.17) is 14.2 Å². The molecule has 2 rings (SSSR count). The van der Waals surface area contributed by atoms with Gasteiger partial charge in [0.1, 0.15) is 13.2 Å². The summed E-state index contributed by atoms with van der Waals surface area (Å²) in [5.41, 5.74) is 0.566. The highest BCUT2D eigenvalue weighted by Gasteiger charge is 2.14. The van der Waals surface area contributed by atoms with E-state index in [0.29, 0.717) is 50.0 Å². The number of hydrogen-bond donors (Lipinski definition) is 1. The number of rotatable bonds is 5. The summed E-state index contributed by atoms with van der Waals surface area (Å²) in [6.45, 7) is 4.66. The highest BCUT2D eigenvalue weighted by molar-refractivity contribution is 5.94. The van der Waals surface area contributed by atoms with Gasteiger partial charge in [0.05, 0.1) is 6.61 Å². The van der Waals surface area contributed by atoms with Crippen molar-refractivity contribution < 1.29 is 19.0 Å². The molecule has 5 heteroatoms. The quantitative estimate of drug-likeness (QED) is 0.799. The van der Waals surface area contributed by atoms with Gasteiger partial charge < -0.3 is 19.5 Å². The number of nitrogens with one attached hydrogen (secondary N) is 1. The van der Waals surface area contributed by atoms with Crippen LogP contribution in [0.4, 0.5) is 0 Å². The van der Waals surface area contributed by atoms with Gasteiger partial charge in [0.2, 0.25) is 0 Å². The second-order valence-corrected chi connectivity index (χ2v) is 3.81. The molecule has 1 aromatic rings. The van der Waals surface area contributed by atoms with Crippen molar-refractivity contribution in [3.05, 3.63) is 23.8 Å². The third-order valence-electron chi connectivity index (χ3n) is 2.54. The fourth-order valence-corrected chi connectivity index (χ4v) is 1.67. The average molecular weight is 251 g/mol. The van der Waals surface area contributed by atoms with E-state index in [1.54, 1.807) is 18.2 Å². The first-order valence-corrected chi connectivity index (χ1v) is 6.07. The molecule has 0 saturated carbocycles. The minimum atomic E-state index is -0.133. The van der Waals surface area contributed by atoms with Crippen LogP contribution in [-0.4, -0.2) is 38.9 Å². The number of ether oxygens (including phenoxy) is 3. The minimum Gasteiger partial charge on any atom is -0.486 e. The van der Waals surface area contributed by atoms with Gasteiger partial charge in [-0.25, -0.2) is 0 Å². The molecule has 1 amide bonds. The molecule has 1 N–H and O–H groups in total. The highest BCUT2D eigenvalue weighted by Crippen LogP contribution is 2.30. The number of amides is 1. The number of carbonyl (C=O) groups excluding carboxylic acids is 1. The second-order valence-electron chi connectivity index (χ2n) is 3.81. The summed E-state index contributed by atoms with van der Waals surface area (Å²) in [5.74, 6) is 1.18. The van der Waals surface area contributed by atoms with E-state index in [1.165, 1.54) is 0 Å². The Bertz CT molecular complexity index is 419. The maximum absolute atomic E-state index is 11.8. The van der Waals surface area contributed by atoms with Crippen LogP contribution in [0.1, 0.15) is 17.3 Å². The summed E-state index contributed by atoms with van der Waals surface area (Å²) in [7, 11) is 0. The number of carbonyl (C=O) groups is 1. The van der Waals surface area contributed by atoms with Gasteiger partial charge in [-0.2, -0.15) is 0 Å². The predicted octanol–water partition coefficient (Wildman–Crippen LogP) is 1.22. The first kappa shape index (κ1) is 12.7. The molecule has 0 aromatic heterocycles. The fraction of sp³-hybridized carbons (Fsp3) is 0.462. The minimum absolute atomic E-state index is 0.133. The monoisotopic (exact) mass is 251 g/mol. The van der Waals surface area contributed by atoms with Crippen molar-refractivity contribution in [1.29, 1.82) is 0 Å². The third-order valence-corrected chi connectivity index (χ3v) is 2.54. The molecule has 0 unspecified atom stereocenters. The van der Waals surface area contributed by atoms with E-state index < -0.39 is 0 Å². The molecule has 0 saturated heterocycles. The van der Waals surface area contributed by atoms with Crippen LogP contribution < -0.4 is 14.8 Å². The van der Waals surface area contributed by atoms with Gasteiger partial charge in [-0.05, 0) is 25.1 Å². The summed E-state index contributed by atoms with van der Waals surface area (Å²) < 4.78 is 16.0. The molecule has 1 aliphatic rings. The largest absolute Gasteiger partial charge is 0.486 e. The zero-order valence-electron chi connectivity index (χ0n) is 10.4. The van der Waals surface area contributed by atoms with Crippen LogP contribution in [0.15, 0.2) is 18.2 Å². The first-order valence-electron chi connectivity index (χ1n) is 6.07. The Morgan fingerprint density at radius 1 is 1.33 bits per heavy atom.